The van der Waals surface area contributed by atoms with E-state index < -0.39 is 0 Å². The zero-order valence-electron chi connectivity index (χ0n) is 16.1. The van der Waals surface area contributed by atoms with Crippen LogP contribution in [0.2, 0.25) is 5.02 Å². The molecule has 0 aliphatic carbocycles. The Morgan fingerprint density at radius 3 is 2.89 bits per heavy atom. The second-order valence-electron chi connectivity index (χ2n) is 6.87. The monoisotopic (exact) mass is 417 g/mol. The van der Waals surface area contributed by atoms with Gasteiger partial charge in [-0.2, -0.15) is 0 Å². The van der Waals surface area contributed by atoms with Crippen LogP contribution >= 0.6 is 22.9 Å². The minimum absolute atomic E-state index is 0.0658. The van der Waals surface area contributed by atoms with Gasteiger partial charge in [-0.25, -0.2) is 9.78 Å². The molecule has 0 bridgehead atoms. The summed E-state index contributed by atoms with van der Waals surface area (Å²) in [7, 11) is 0. The number of ether oxygens (including phenoxy) is 1. The Kier molecular flexibility index (Phi) is 6.95. The highest BCUT2D eigenvalue weighted by Crippen LogP contribution is 2.32. The summed E-state index contributed by atoms with van der Waals surface area (Å²) in [5.74, 6) is 2.57. The summed E-state index contributed by atoms with van der Waals surface area (Å²) in [6.07, 6.45) is 7.51. The molecule has 0 saturated carbocycles. The van der Waals surface area contributed by atoms with Crippen molar-refractivity contribution in [2.45, 2.75) is 38.8 Å². The van der Waals surface area contributed by atoms with E-state index in [0.717, 1.165) is 40.6 Å². The number of hydrogen-bond donors (Lipinski definition) is 1. The minimum Gasteiger partial charge on any atom is -0.376 e. The molecule has 1 aromatic carbocycles. The number of halogens is 1. The molecule has 1 aromatic heterocycles. The second-order valence-corrected chi connectivity index (χ2v) is 8.33. The standard InChI is InChI=1S/C21H24ClN3O2S/c1-4-11-25(13-18-6-5-12-27-18)21(26)24-15(3)19-14(2)23-20(28-19)16-7-9-17(22)10-8-16/h1,7-10,15,18H,5-6,11-13H2,2-3H3,(H,24,26). The van der Waals surface area contributed by atoms with Gasteiger partial charge in [0, 0.05) is 23.7 Å². The van der Waals surface area contributed by atoms with Gasteiger partial charge in [-0.05, 0) is 38.8 Å². The molecule has 1 aliphatic rings. The van der Waals surface area contributed by atoms with Crippen LogP contribution in [0.3, 0.4) is 0 Å². The van der Waals surface area contributed by atoms with Crippen LogP contribution in [0.1, 0.15) is 36.4 Å². The number of urea groups is 1. The van der Waals surface area contributed by atoms with Crippen LogP contribution in [0.5, 0.6) is 0 Å². The lowest BCUT2D eigenvalue weighted by molar-refractivity contribution is 0.0842. The third-order valence-electron chi connectivity index (χ3n) is 4.67. The van der Waals surface area contributed by atoms with Crippen molar-refractivity contribution in [2.24, 2.45) is 0 Å². The fraction of sp³-hybridized carbons (Fsp3) is 0.429. The summed E-state index contributed by atoms with van der Waals surface area (Å²) in [5.41, 5.74) is 1.92. The Labute approximate surface area is 175 Å². The summed E-state index contributed by atoms with van der Waals surface area (Å²) in [6.45, 7) is 5.44. The highest BCUT2D eigenvalue weighted by atomic mass is 35.5. The largest absolute Gasteiger partial charge is 0.376 e. The molecule has 28 heavy (non-hydrogen) atoms. The van der Waals surface area contributed by atoms with Gasteiger partial charge in [-0.15, -0.1) is 17.8 Å². The number of aryl methyl sites for hydroxylation is 1. The Morgan fingerprint density at radius 2 is 2.25 bits per heavy atom. The van der Waals surface area contributed by atoms with E-state index in [4.69, 9.17) is 22.8 Å². The van der Waals surface area contributed by atoms with E-state index in [0.29, 0.717) is 11.6 Å². The smallest absolute Gasteiger partial charge is 0.318 e. The normalized spacial score (nSPS) is 17.1. The molecule has 1 fully saturated rings. The molecule has 0 radical (unpaired) electrons. The molecule has 2 aromatic rings. The van der Waals surface area contributed by atoms with E-state index in [1.165, 1.54) is 0 Å². The highest BCUT2D eigenvalue weighted by Gasteiger charge is 2.24. The van der Waals surface area contributed by atoms with E-state index in [2.05, 4.69) is 16.2 Å². The van der Waals surface area contributed by atoms with Gasteiger partial charge in [-0.3, -0.25) is 0 Å². The highest BCUT2D eigenvalue weighted by molar-refractivity contribution is 7.15. The van der Waals surface area contributed by atoms with E-state index in [1.807, 2.05) is 38.1 Å². The molecule has 7 heteroatoms. The third-order valence-corrected chi connectivity index (χ3v) is 6.32. The minimum atomic E-state index is -0.179. The fourth-order valence-corrected chi connectivity index (χ4v) is 4.43. The van der Waals surface area contributed by atoms with E-state index in [9.17, 15) is 4.79 Å². The van der Waals surface area contributed by atoms with Crippen LogP contribution < -0.4 is 5.32 Å². The summed E-state index contributed by atoms with van der Waals surface area (Å²) in [4.78, 5) is 20.1. The molecule has 5 nitrogen and oxygen atoms in total. The summed E-state index contributed by atoms with van der Waals surface area (Å²) >= 11 is 7.54. The lowest BCUT2D eigenvalue weighted by Gasteiger charge is -2.25. The lowest BCUT2D eigenvalue weighted by Crippen LogP contribution is -2.44. The number of benzene rings is 1. The van der Waals surface area contributed by atoms with Gasteiger partial charge in [0.15, 0.2) is 0 Å². The lowest BCUT2D eigenvalue weighted by atomic mass is 10.2. The number of carbonyl (C=O) groups is 1. The third kappa shape index (κ3) is 5.05. The molecule has 2 unspecified atom stereocenters. The summed E-state index contributed by atoms with van der Waals surface area (Å²) < 4.78 is 5.64. The van der Waals surface area contributed by atoms with Crippen molar-refractivity contribution < 1.29 is 9.53 Å². The SMILES string of the molecule is C#CCN(CC1CCCO1)C(=O)NC(C)c1sc(-c2ccc(Cl)cc2)nc1C. The number of nitrogens with zero attached hydrogens (tertiary/aromatic N) is 2. The van der Waals surface area contributed by atoms with Crippen LogP contribution in [0.25, 0.3) is 10.6 Å². The summed E-state index contributed by atoms with van der Waals surface area (Å²) in [5, 5.41) is 4.65. The zero-order chi connectivity index (χ0) is 20.1. The molecule has 2 atom stereocenters. The number of hydrogen-bond acceptors (Lipinski definition) is 4. The van der Waals surface area contributed by atoms with E-state index >= 15 is 0 Å². The Morgan fingerprint density at radius 1 is 1.50 bits per heavy atom. The quantitative estimate of drug-likeness (QED) is 0.695. The summed E-state index contributed by atoms with van der Waals surface area (Å²) in [6, 6.07) is 7.24. The second kappa shape index (κ2) is 9.42. The van der Waals surface area contributed by atoms with Crippen molar-refractivity contribution >= 4 is 29.0 Å². The maximum absolute atomic E-state index is 12.8. The number of nitrogens with one attached hydrogen (secondary N) is 1. The number of rotatable bonds is 6. The van der Waals surface area contributed by atoms with E-state index in [1.54, 1.807) is 16.2 Å². The molecule has 2 amide bonds. The Hall–Kier alpha value is -2.07. The maximum Gasteiger partial charge on any atom is 0.318 e. The average molecular weight is 418 g/mol. The van der Waals surface area contributed by atoms with Crippen molar-refractivity contribution in [2.75, 3.05) is 19.7 Å². The van der Waals surface area contributed by atoms with Crippen LogP contribution in [0.4, 0.5) is 4.79 Å². The van der Waals surface area contributed by atoms with Gasteiger partial charge in [-0.1, -0.05) is 29.7 Å². The van der Waals surface area contributed by atoms with Crippen molar-refractivity contribution in [1.29, 1.82) is 0 Å². The van der Waals surface area contributed by atoms with Gasteiger partial charge in [0.05, 0.1) is 29.3 Å². The number of terminal acetylenes is 1. The van der Waals surface area contributed by atoms with Crippen LogP contribution in [0.15, 0.2) is 24.3 Å². The van der Waals surface area contributed by atoms with Gasteiger partial charge >= 0.3 is 6.03 Å². The molecular formula is C21H24ClN3O2S. The number of amides is 2. The molecule has 2 heterocycles. The number of carbonyl (C=O) groups excluding carboxylic acids is 1. The first-order valence-electron chi connectivity index (χ1n) is 9.31. The Bertz CT molecular complexity index is 854. The first-order chi connectivity index (χ1) is 13.5. The first kappa shape index (κ1) is 20.7. The van der Waals surface area contributed by atoms with Gasteiger partial charge in [0.2, 0.25) is 0 Å². The van der Waals surface area contributed by atoms with Crippen LogP contribution in [-0.2, 0) is 4.74 Å². The van der Waals surface area contributed by atoms with Gasteiger partial charge in [0.25, 0.3) is 0 Å². The van der Waals surface area contributed by atoms with Crippen LogP contribution in [0, 0.1) is 19.3 Å². The average Bonchev–Trinajstić information content (AvgIpc) is 3.31. The Balaban J connectivity index is 1.68. The molecule has 1 aliphatic heterocycles. The van der Waals surface area contributed by atoms with Crippen molar-refractivity contribution in [1.82, 2.24) is 15.2 Å². The zero-order valence-corrected chi connectivity index (χ0v) is 17.6. The van der Waals surface area contributed by atoms with E-state index in [-0.39, 0.29) is 24.7 Å². The number of thiazole rings is 1. The molecular weight excluding hydrogens is 394 g/mol. The van der Waals surface area contributed by atoms with Crippen LogP contribution in [-0.4, -0.2) is 41.7 Å². The topological polar surface area (TPSA) is 54.5 Å². The van der Waals surface area contributed by atoms with Crippen molar-refractivity contribution in [3.05, 3.63) is 39.9 Å². The molecule has 3 rings (SSSR count). The first-order valence-corrected chi connectivity index (χ1v) is 10.5. The van der Waals surface area contributed by atoms with Crippen molar-refractivity contribution in [3.8, 4) is 22.9 Å². The number of aromatic nitrogens is 1. The van der Waals surface area contributed by atoms with Gasteiger partial charge < -0.3 is 15.0 Å². The van der Waals surface area contributed by atoms with Gasteiger partial charge in [0.1, 0.15) is 5.01 Å². The van der Waals surface area contributed by atoms with Crippen molar-refractivity contribution in [3.63, 3.8) is 0 Å². The molecule has 1 saturated heterocycles. The predicted molar refractivity (Wildman–Crippen MR) is 114 cm³/mol. The molecule has 0 spiro atoms. The fourth-order valence-electron chi connectivity index (χ4n) is 3.23. The maximum atomic E-state index is 12.8. The molecule has 148 valence electrons. The molecule has 1 N–H and O–H groups in total. The predicted octanol–water partition coefficient (Wildman–Crippen LogP) is 4.66.